The third-order valence-electron chi connectivity index (χ3n) is 3.48. The number of halogens is 1. The summed E-state index contributed by atoms with van der Waals surface area (Å²) in [6, 6.07) is 12.8. The highest BCUT2D eigenvalue weighted by molar-refractivity contribution is 6.31. The number of carbonyl (C=O) groups is 2. The van der Waals surface area contributed by atoms with Gasteiger partial charge in [0.15, 0.2) is 6.61 Å². The van der Waals surface area contributed by atoms with E-state index in [1.165, 1.54) is 0 Å². The largest absolute Gasteiger partial charge is 0.386 e. The van der Waals surface area contributed by atoms with Crippen LogP contribution in [0.25, 0.3) is 0 Å². The molecule has 0 spiro atoms. The molecule has 0 fully saturated rings. The van der Waals surface area contributed by atoms with E-state index in [0.717, 1.165) is 22.9 Å². The molecule has 0 saturated carbocycles. The highest BCUT2D eigenvalue weighted by atomic mass is 35.5. The summed E-state index contributed by atoms with van der Waals surface area (Å²) in [5, 5.41) is 9.52. The molecule has 0 radical (unpaired) electrons. The monoisotopic (exact) mass is 373 g/mol. The minimum atomic E-state index is -0.432. The molecule has 2 aromatic rings. The number of anilines is 1. The van der Waals surface area contributed by atoms with Crippen LogP contribution in [0.4, 0.5) is 5.69 Å². The molecule has 7 heteroatoms. The number of hydrogen-bond acceptors (Lipinski definition) is 4. The Morgan fingerprint density at radius 3 is 2.58 bits per heavy atom. The number of oxime groups is 1. The van der Waals surface area contributed by atoms with E-state index in [1.807, 2.05) is 44.2 Å². The van der Waals surface area contributed by atoms with Crippen molar-refractivity contribution in [3.8, 4) is 0 Å². The molecule has 2 amide bonds. The van der Waals surface area contributed by atoms with Gasteiger partial charge in [0.05, 0.1) is 0 Å². The third-order valence-corrected chi connectivity index (χ3v) is 3.73. The standard InChI is InChI=1S/C19H20ClN3O3/c1-13-3-8-17(14(2)9-13)23-18(24)11-22-26-12-19(25)21-10-15-4-6-16(20)7-5-15/h3-9,11H,10,12H2,1-2H3,(H,21,25)(H,23,24)/b22-11-. The summed E-state index contributed by atoms with van der Waals surface area (Å²) >= 11 is 5.80. The van der Waals surface area contributed by atoms with Crippen LogP contribution < -0.4 is 10.6 Å². The van der Waals surface area contributed by atoms with Gasteiger partial charge < -0.3 is 15.5 Å². The summed E-state index contributed by atoms with van der Waals surface area (Å²) in [5.74, 6) is -0.773. The van der Waals surface area contributed by atoms with Gasteiger partial charge in [-0.2, -0.15) is 0 Å². The molecule has 136 valence electrons. The van der Waals surface area contributed by atoms with Gasteiger partial charge in [-0.05, 0) is 43.2 Å². The van der Waals surface area contributed by atoms with E-state index >= 15 is 0 Å². The predicted molar refractivity (Wildman–Crippen MR) is 102 cm³/mol. The number of nitrogens with zero attached hydrogens (tertiary/aromatic N) is 1. The van der Waals surface area contributed by atoms with Gasteiger partial charge in [-0.1, -0.05) is 46.6 Å². The Morgan fingerprint density at radius 1 is 1.15 bits per heavy atom. The Bertz CT molecular complexity index is 804. The number of carbonyl (C=O) groups excluding carboxylic acids is 2. The molecular formula is C19H20ClN3O3. The summed E-state index contributed by atoms with van der Waals surface area (Å²) in [6.45, 7) is 3.96. The van der Waals surface area contributed by atoms with Gasteiger partial charge in [0.1, 0.15) is 6.21 Å². The third kappa shape index (κ3) is 6.57. The second kappa shape index (κ2) is 9.58. The lowest BCUT2D eigenvalue weighted by molar-refractivity contribution is -0.126. The Kier molecular flexibility index (Phi) is 7.17. The fraction of sp³-hybridized carbons (Fsp3) is 0.211. The van der Waals surface area contributed by atoms with Crippen LogP contribution in [-0.4, -0.2) is 24.6 Å². The quantitative estimate of drug-likeness (QED) is 0.577. The van der Waals surface area contributed by atoms with E-state index in [0.29, 0.717) is 17.3 Å². The van der Waals surface area contributed by atoms with E-state index in [2.05, 4.69) is 15.8 Å². The smallest absolute Gasteiger partial charge is 0.270 e. The first kappa shape index (κ1) is 19.5. The Labute approximate surface area is 157 Å². The first-order valence-electron chi connectivity index (χ1n) is 7.99. The van der Waals surface area contributed by atoms with Crippen molar-refractivity contribution in [2.75, 3.05) is 11.9 Å². The van der Waals surface area contributed by atoms with Crippen molar-refractivity contribution >= 4 is 35.3 Å². The SMILES string of the molecule is Cc1ccc(NC(=O)/C=N\OCC(=O)NCc2ccc(Cl)cc2)c(C)c1. The van der Waals surface area contributed by atoms with Crippen molar-refractivity contribution in [1.29, 1.82) is 0 Å². The molecule has 6 nitrogen and oxygen atoms in total. The fourth-order valence-electron chi connectivity index (χ4n) is 2.15. The van der Waals surface area contributed by atoms with Crippen LogP contribution in [-0.2, 0) is 21.0 Å². The van der Waals surface area contributed by atoms with Gasteiger partial charge in [0.25, 0.3) is 11.8 Å². The normalized spacial score (nSPS) is 10.6. The van der Waals surface area contributed by atoms with Gasteiger partial charge in [0, 0.05) is 17.3 Å². The van der Waals surface area contributed by atoms with E-state index in [-0.39, 0.29) is 12.5 Å². The maximum Gasteiger partial charge on any atom is 0.270 e. The van der Waals surface area contributed by atoms with Gasteiger partial charge in [-0.25, -0.2) is 0 Å². The summed E-state index contributed by atoms with van der Waals surface area (Å²) in [5.41, 5.74) is 3.68. The molecule has 0 atom stereocenters. The molecule has 0 bridgehead atoms. The zero-order chi connectivity index (χ0) is 18.9. The van der Waals surface area contributed by atoms with Crippen molar-refractivity contribution in [1.82, 2.24) is 5.32 Å². The molecule has 0 aliphatic carbocycles. The van der Waals surface area contributed by atoms with Crippen molar-refractivity contribution in [2.24, 2.45) is 5.16 Å². The van der Waals surface area contributed by atoms with E-state index < -0.39 is 5.91 Å². The lowest BCUT2D eigenvalue weighted by Gasteiger charge is -2.07. The van der Waals surface area contributed by atoms with Crippen molar-refractivity contribution in [2.45, 2.75) is 20.4 Å². The number of rotatable bonds is 7. The van der Waals surface area contributed by atoms with Gasteiger partial charge in [-0.3, -0.25) is 9.59 Å². The van der Waals surface area contributed by atoms with Crippen LogP contribution in [0.2, 0.25) is 5.02 Å². The predicted octanol–water partition coefficient (Wildman–Crippen LogP) is 3.21. The number of aryl methyl sites for hydroxylation is 2. The lowest BCUT2D eigenvalue weighted by Crippen LogP contribution is -2.26. The summed E-state index contributed by atoms with van der Waals surface area (Å²) in [6.07, 6.45) is 0.992. The molecule has 26 heavy (non-hydrogen) atoms. The van der Waals surface area contributed by atoms with Crippen molar-refractivity contribution in [3.05, 3.63) is 64.2 Å². The molecule has 0 aliphatic heterocycles. The van der Waals surface area contributed by atoms with Gasteiger partial charge >= 0.3 is 0 Å². The van der Waals surface area contributed by atoms with Gasteiger partial charge in [-0.15, -0.1) is 0 Å². The topological polar surface area (TPSA) is 79.8 Å². The molecular weight excluding hydrogens is 354 g/mol. The average Bonchev–Trinajstić information content (AvgIpc) is 2.61. The van der Waals surface area contributed by atoms with Gasteiger partial charge in [0.2, 0.25) is 0 Å². The minimum absolute atomic E-state index is 0.277. The second-order valence-corrected chi connectivity index (χ2v) is 6.16. The van der Waals surface area contributed by atoms with Crippen molar-refractivity contribution in [3.63, 3.8) is 0 Å². The molecule has 2 aromatic carbocycles. The zero-order valence-corrected chi connectivity index (χ0v) is 15.3. The van der Waals surface area contributed by atoms with Crippen LogP contribution in [0, 0.1) is 13.8 Å². The molecule has 2 rings (SSSR count). The molecule has 0 aromatic heterocycles. The summed E-state index contributed by atoms with van der Waals surface area (Å²) < 4.78 is 0. The zero-order valence-electron chi connectivity index (χ0n) is 14.6. The molecule has 2 N–H and O–H groups in total. The number of amides is 2. The highest BCUT2D eigenvalue weighted by Gasteiger charge is 2.04. The van der Waals surface area contributed by atoms with Crippen molar-refractivity contribution < 1.29 is 14.4 Å². The Balaban J connectivity index is 1.69. The van der Waals surface area contributed by atoms with Crippen LogP contribution in [0.1, 0.15) is 16.7 Å². The summed E-state index contributed by atoms with van der Waals surface area (Å²) in [7, 11) is 0. The first-order chi connectivity index (χ1) is 12.4. The number of benzene rings is 2. The molecule has 0 unspecified atom stereocenters. The first-order valence-corrected chi connectivity index (χ1v) is 8.36. The second-order valence-electron chi connectivity index (χ2n) is 5.72. The highest BCUT2D eigenvalue weighted by Crippen LogP contribution is 2.15. The molecule has 0 aliphatic rings. The average molecular weight is 374 g/mol. The van der Waals surface area contributed by atoms with E-state index in [9.17, 15) is 9.59 Å². The lowest BCUT2D eigenvalue weighted by atomic mass is 10.1. The van der Waals surface area contributed by atoms with E-state index in [1.54, 1.807) is 12.1 Å². The fourth-order valence-corrected chi connectivity index (χ4v) is 2.28. The van der Waals surface area contributed by atoms with E-state index in [4.69, 9.17) is 16.4 Å². The Morgan fingerprint density at radius 2 is 1.88 bits per heavy atom. The molecule has 0 saturated heterocycles. The van der Waals surface area contributed by atoms with Crippen LogP contribution in [0.5, 0.6) is 0 Å². The van der Waals surface area contributed by atoms with Crippen LogP contribution in [0.15, 0.2) is 47.6 Å². The van der Waals surface area contributed by atoms with Crippen LogP contribution >= 0.6 is 11.6 Å². The summed E-state index contributed by atoms with van der Waals surface area (Å²) in [4.78, 5) is 28.3. The minimum Gasteiger partial charge on any atom is -0.386 e. The van der Waals surface area contributed by atoms with Crippen LogP contribution in [0.3, 0.4) is 0 Å². The number of nitrogens with one attached hydrogen (secondary N) is 2. The number of hydrogen-bond donors (Lipinski definition) is 2. The Hall–Kier alpha value is -2.86. The molecule has 0 heterocycles. The maximum absolute atomic E-state index is 11.8. The maximum atomic E-state index is 11.8.